The van der Waals surface area contributed by atoms with Gasteiger partial charge in [-0.2, -0.15) is 4.39 Å². The fourth-order valence-electron chi connectivity index (χ4n) is 6.33. The van der Waals surface area contributed by atoms with Gasteiger partial charge in [0.2, 0.25) is 5.82 Å². The van der Waals surface area contributed by atoms with Crippen molar-refractivity contribution in [3.8, 4) is 16.9 Å². The van der Waals surface area contributed by atoms with E-state index in [1.165, 1.54) is 63.8 Å². The first kappa shape index (κ1) is 25.8. The maximum atomic E-state index is 15.1. The third-order valence-corrected chi connectivity index (χ3v) is 8.42. The van der Waals surface area contributed by atoms with Crippen molar-refractivity contribution in [3.05, 3.63) is 65.2 Å². The highest BCUT2D eigenvalue weighted by Gasteiger charge is 2.32. The summed E-state index contributed by atoms with van der Waals surface area (Å²) in [5.41, 5.74) is -0.228. The molecule has 0 aliphatic heterocycles. The molecule has 35 heavy (non-hydrogen) atoms. The molecule has 190 valence electrons. The summed E-state index contributed by atoms with van der Waals surface area (Å²) >= 11 is 0. The van der Waals surface area contributed by atoms with Crippen molar-refractivity contribution in [2.24, 2.45) is 17.8 Å². The number of hydrogen-bond donors (Lipinski definition) is 0. The van der Waals surface area contributed by atoms with Crippen LogP contribution in [-0.4, -0.2) is 7.11 Å². The van der Waals surface area contributed by atoms with Crippen LogP contribution in [0.2, 0.25) is 0 Å². The zero-order valence-corrected chi connectivity index (χ0v) is 20.8. The van der Waals surface area contributed by atoms with Crippen molar-refractivity contribution >= 4 is 0 Å². The largest absolute Gasteiger partial charge is 0.494 e. The molecular formula is C30H36F4O. The van der Waals surface area contributed by atoms with Gasteiger partial charge >= 0.3 is 0 Å². The summed E-state index contributed by atoms with van der Waals surface area (Å²) in [6.07, 6.45) is 15.8. The standard InChI is InChI=1S/C30H36F4O/c1-3-4-5-6-19-7-9-20(10-8-19)21-11-13-22(14-12-21)23-15-16-24(28(32)27(23)31)25-17-18-26(35-2)30(34)29(25)33/h3-4,15-22H,5-14H2,1-2H3/b4-3+. The quantitative estimate of drug-likeness (QED) is 0.279. The first-order chi connectivity index (χ1) is 16.9. The molecule has 2 aromatic rings. The third kappa shape index (κ3) is 5.59. The van der Waals surface area contributed by atoms with E-state index in [1.807, 2.05) is 0 Å². The summed E-state index contributed by atoms with van der Waals surface area (Å²) in [4.78, 5) is 0. The van der Waals surface area contributed by atoms with E-state index in [-0.39, 0.29) is 22.8 Å². The van der Waals surface area contributed by atoms with Crippen LogP contribution in [0.4, 0.5) is 17.6 Å². The lowest BCUT2D eigenvalue weighted by atomic mass is 9.68. The SMILES string of the molecule is C/C=C/CCC1CCC(C2CCC(c3ccc(-c4ccc(OC)c(F)c4F)c(F)c3F)CC2)CC1. The molecule has 5 heteroatoms. The number of hydrogen-bond acceptors (Lipinski definition) is 1. The molecule has 0 radical (unpaired) electrons. The Morgan fingerprint density at radius 3 is 1.91 bits per heavy atom. The first-order valence-corrected chi connectivity index (χ1v) is 13.1. The Morgan fingerprint density at radius 2 is 1.31 bits per heavy atom. The van der Waals surface area contributed by atoms with Crippen molar-refractivity contribution in [3.63, 3.8) is 0 Å². The number of benzene rings is 2. The van der Waals surface area contributed by atoms with Crippen molar-refractivity contribution in [2.75, 3.05) is 7.11 Å². The molecule has 0 saturated heterocycles. The Bertz CT molecular complexity index is 1030. The highest BCUT2D eigenvalue weighted by Crippen LogP contribution is 2.45. The molecule has 0 N–H and O–H groups in total. The van der Waals surface area contributed by atoms with Gasteiger partial charge < -0.3 is 4.74 Å². The molecule has 0 spiro atoms. The topological polar surface area (TPSA) is 9.23 Å². The highest BCUT2D eigenvalue weighted by molar-refractivity contribution is 5.66. The molecular weight excluding hydrogens is 452 g/mol. The molecule has 0 atom stereocenters. The van der Waals surface area contributed by atoms with Crippen LogP contribution in [0.25, 0.3) is 11.1 Å². The van der Waals surface area contributed by atoms with Gasteiger partial charge in [-0.05, 0) is 99.7 Å². The molecule has 1 nitrogen and oxygen atoms in total. The lowest BCUT2D eigenvalue weighted by molar-refractivity contribution is 0.156. The van der Waals surface area contributed by atoms with Crippen molar-refractivity contribution in [1.82, 2.24) is 0 Å². The van der Waals surface area contributed by atoms with Gasteiger partial charge in [-0.25, -0.2) is 13.2 Å². The summed E-state index contributed by atoms with van der Waals surface area (Å²) in [6, 6.07) is 5.36. The van der Waals surface area contributed by atoms with Gasteiger partial charge in [0.15, 0.2) is 23.2 Å². The fourth-order valence-corrected chi connectivity index (χ4v) is 6.33. The lowest BCUT2D eigenvalue weighted by Crippen LogP contribution is -2.25. The summed E-state index contributed by atoms with van der Waals surface area (Å²) in [6.45, 7) is 2.07. The summed E-state index contributed by atoms with van der Waals surface area (Å²) in [5, 5.41) is 0. The van der Waals surface area contributed by atoms with Gasteiger partial charge in [-0.3, -0.25) is 0 Å². The fraction of sp³-hybridized carbons (Fsp3) is 0.533. The smallest absolute Gasteiger partial charge is 0.201 e. The number of rotatable bonds is 7. The molecule has 2 saturated carbocycles. The Labute approximate surface area is 206 Å². The molecule has 2 fully saturated rings. The van der Waals surface area contributed by atoms with Gasteiger partial charge in [0.25, 0.3) is 0 Å². The molecule has 4 rings (SSSR count). The molecule has 2 aliphatic carbocycles. The van der Waals surface area contributed by atoms with Crippen LogP contribution in [0, 0.1) is 41.0 Å². The molecule has 0 heterocycles. The molecule has 2 aliphatic rings. The van der Waals surface area contributed by atoms with Gasteiger partial charge in [-0.15, -0.1) is 0 Å². The van der Waals surface area contributed by atoms with Crippen LogP contribution >= 0.6 is 0 Å². The highest BCUT2D eigenvalue weighted by atomic mass is 19.2. The number of allylic oxidation sites excluding steroid dienone is 2. The van der Waals surface area contributed by atoms with Crippen LogP contribution in [0.5, 0.6) is 5.75 Å². The average Bonchev–Trinajstić information content (AvgIpc) is 2.88. The second kappa shape index (κ2) is 11.6. The Morgan fingerprint density at radius 1 is 0.743 bits per heavy atom. The van der Waals surface area contributed by atoms with Crippen LogP contribution in [0.3, 0.4) is 0 Å². The zero-order chi connectivity index (χ0) is 24.9. The van der Waals surface area contributed by atoms with E-state index in [1.54, 1.807) is 6.07 Å². The molecule has 0 aromatic heterocycles. The molecule has 0 unspecified atom stereocenters. The predicted octanol–water partition coefficient (Wildman–Crippen LogP) is 9.36. The van der Waals surface area contributed by atoms with E-state index in [9.17, 15) is 8.78 Å². The van der Waals surface area contributed by atoms with Gasteiger partial charge in [0, 0.05) is 11.1 Å². The molecule has 0 bridgehead atoms. The molecule has 0 amide bonds. The van der Waals surface area contributed by atoms with Crippen LogP contribution < -0.4 is 4.74 Å². The van der Waals surface area contributed by atoms with E-state index in [0.29, 0.717) is 11.5 Å². The van der Waals surface area contributed by atoms with Crippen molar-refractivity contribution < 1.29 is 22.3 Å². The zero-order valence-electron chi connectivity index (χ0n) is 20.8. The number of ether oxygens (including phenoxy) is 1. The lowest BCUT2D eigenvalue weighted by Gasteiger charge is -2.38. The van der Waals surface area contributed by atoms with E-state index in [2.05, 4.69) is 19.1 Å². The summed E-state index contributed by atoms with van der Waals surface area (Å²) in [7, 11) is 1.22. The third-order valence-electron chi connectivity index (χ3n) is 8.42. The van der Waals surface area contributed by atoms with Crippen molar-refractivity contribution in [1.29, 1.82) is 0 Å². The van der Waals surface area contributed by atoms with E-state index < -0.39 is 23.3 Å². The Kier molecular flexibility index (Phi) is 8.56. The first-order valence-electron chi connectivity index (χ1n) is 13.1. The maximum absolute atomic E-state index is 15.1. The predicted molar refractivity (Wildman–Crippen MR) is 132 cm³/mol. The average molecular weight is 489 g/mol. The van der Waals surface area contributed by atoms with Gasteiger partial charge in [-0.1, -0.05) is 37.1 Å². The second-order valence-electron chi connectivity index (χ2n) is 10.3. The van der Waals surface area contributed by atoms with Crippen LogP contribution in [0.1, 0.15) is 82.6 Å². The van der Waals surface area contributed by atoms with E-state index in [0.717, 1.165) is 37.5 Å². The van der Waals surface area contributed by atoms with Crippen LogP contribution in [0.15, 0.2) is 36.4 Å². The Balaban J connectivity index is 1.39. The second-order valence-corrected chi connectivity index (χ2v) is 10.3. The van der Waals surface area contributed by atoms with Crippen molar-refractivity contribution in [2.45, 2.75) is 77.0 Å². The number of methoxy groups -OCH3 is 1. The normalized spacial score (nSPS) is 25.2. The maximum Gasteiger partial charge on any atom is 0.201 e. The van der Waals surface area contributed by atoms with E-state index in [4.69, 9.17) is 4.74 Å². The Hall–Kier alpha value is -2.30. The minimum Gasteiger partial charge on any atom is -0.494 e. The monoisotopic (exact) mass is 488 g/mol. The summed E-state index contributed by atoms with van der Waals surface area (Å²) < 4.78 is 63.5. The van der Waals surface area contributed by atoms with E-state index >= 15 is 8.78 Å². The summed E-state index contributed by atoms with van der Waals surface area (Å²) in [5.74, 6) is -2.55. The van der Waals surface area contributed by atoms with Crippen LogP contribution in [-0.2, 0) is 0 Å². The van der Waals surface area contributed by atoms with Gasteiger partial charge in [0.1, 0.15) is 0 Å². The minimum absolute atomic E-state index is 0.0376. The van der Waals surface area contributed by atoms with Gasteiger partial charge in [0.05, 0.1) is 7.11 Å². The minimum atomic E-state index is -1.24. The molecule has 2 aromatic carbocycles. The number of halogens is 4.